The number of benzene rings is 2. The number of aromatic nitrogens is 1. The Morgan fingerprint density at radius 2 is 1.94 bits per heavy atom. The SMILES string of the molecule is C=CC(=O)N[C@@H]1CN(C(=O)Cn2c(=O)oc3ccccc32)C[C@H]1c1ccc(OC)cc1. The molecule has 2 amide bonds. The molecule has 2 aromatic carbocycles. The van der Waals surface area contributed by atoms with E-state index in [9.17, 15) is 14.4 Å². The lowest BCUT2D eigenvalue weighted by Crippen LogP contribution is -2.40. The van der Waals surface area contributed by atoms with Gasteiger partial charge in [0.15, 0.2) is 5.58 Å². The summed E-state index contributed by atoms with van der Waals surface area (Å²) in [7, 11) is 1.60. The molecule has 2 heterocycles. The zero-order valence-electron chi connectivity index (χ0n) is 17.1. The first-order valence-electron chi connectivity index (χ1n) is 9.93. The summed E-state index contributed by atoms with van der Waals surface area (Å²) in [5, 5.41) is 2.92. The first kappa shape index (κ1) is 20.5. The lowest BCUT2D eigenvalue weighted by atomic mass is 9.94. The number of ether oxygens (including phenoxy) is 1. The topological polar surface area (TPSA) is 93.8 Å². The maximum Gasteiger partial charge on any atom is 0.420 e. The lowest BCUT2D eigenvalue weighted by molar-refractivity contribution is -0.131. The molecule has 3 aromatic rings. The highest BCUT2D eigenvalue weighted by molar-refractivity contribution is 5.87. The highest BCUT2D eigenvalue weighted by atomic mass is 16.5. The number of nitrogens with zero attached hydrogens (tertiary/aromatic N) is 2. The summed E-state index contributed by atoms with van der Waals surface area (Å²) in [5.74, 6) is -0.460. The molecule has 0 bridgehead atoms. The average Bonchev–Trinajstić information content (AvgIpc) is 3.34. The molecule has 160 valence electrons. The van der Waals surface area contributed by atoms with E-state index in [2.05, 4.69) is 11.9 Å². The van der Waals surface area contributed by atoms with Crippen molar-refractivity contribution in [2.75, 3.05) is 20.2 Å². The standard InChI is InChI=1S/C23H23N3O5/c1-3-21(27)24-18-13-25(12-17(18)15-8-10-16(30-2)11-9-15)22(28)14-26-19-6-4-5-7-20(19)31-23(26)29/h3-11,17-18H,1,12-14H2,2H3,(H,24,27)/t17-,18+/m0/s1. The van der Waals surface area contributed by atoms with E-state index < -0.39 is 5.76 Å². The Balaban J connectivity index is 1.57. The third-order valence-corrected chi connectivity index (χ3v) is 5.60. The van der Waals surface area contributed by atoms with Crippen molar-refractivity contribution in [3.8, 4) is 5.75 Å². The molecular weight excluding hydrogens is 398 g/mol. The molecule has 4 rings (SSSR count). The number of hydrogen-bond donors (Lipinski definition) is 1. The Morgan fingerprint density at radius 3 is 2.65 bits per heavy atom. The number of amides is 2. The van der Waals surface area contributed by atoms with Crippen molar-refractivity contribution >= 4 is 22.9 Å². The number of fused-ring (bicyclic) bond motifs is 1. The maximum atomic E-state index is 13.1. The summed E-state index contributed by atoms with van der Waals surface area (Å²) in [4.78, 5) is 38.9. The number of oxazole rings is 1. The summed E-state index contributed by atoms with van der Waals surface area (Å²) in [6.07, 6.45) is 1.22. The molecule has 1 aromatic heterocycles. The van der Waals surface area contributed by atoms with Gasteiger partial charge in [-0.05, 0) is 35.9 Å². The Bertz CT molecular complexity index is 1180. The normalized spacial score (nSPS) is 18.2. The number of para-hydroxylation sites is 2. The first-order chi connectivity index (χ1) is 15.0. The van der Waals surface area contributed by atoms with Crippen LogP contribution >= 0.6 is 0 Å². The first-order valence-corrected chi connectivity index (χ1v) is 9.93. The van der Waals surface area contributed by atoms with Crippen LogP contribution in [-0.2, 0) is 16.1 Å². The minimum atomic E-state index is -0.572. The maximum absolute atomic E-state index is 13.1. The molecule has 2 atom stereocenters. The minimum Gasteiger partial charge on any atom is -0.497 e. The molecule has 1 aliphatic heterocycles. The van der Waals surface area contributed by atoms with Gasteiger partial charge in [-0.1, -0.05) is 30.8 Å². The molecule has 31 heavy (non-hydrogen) atoms. The van der Waals surface area contributed by atoms with Gasteiger partial charge in [-0.3, -0.25) is 14.2 Å². The second-order valence-electron chi connectivity index (χ2n) is 7.42. The van der Waals surface area contributed by atoms with E-state index in [0.717, 1.165) is 11.3 Å². The number of methoxy groups -OCH3 is 1. The van der Waals surface area contributed by atoms with Crippen molar-refractivity contribution in [2.24, 2.45) is 0 Å². The van der Waals surface area contributed by atoms with Gasteiger partial charge in [-0.2, -0.15) is 0 Å². The van der Waals surface area contributed by atoms with Gasteiger partial charge in [0.2, 0.25) is 11.8 Å². The van der Waals surface area contributed by atoms with Crippen LogP contribution in [0.25, 0.3) is 11.1 Å². The summed E-state index contributed by atoms with van der Waals surface area (Å²) in [6.45, 7) is 4.12. The number of carbonyl (C=O) groups excluding carboxylic acids is 2. The van der Waals surface area contributed by atoms with Gasteiger partial charge < -0.3 is 19.4 Å². The van der Waals surface area contributed by atoms with Gasteiger partial charge in [0.05, 0.1) is 18.7 Å². The zero-order valence-corrected chi connectivity index (χ0v) is 17.1. The second kappa shape index (κ2) is 8.51. The molecule has 8 heteroatoms. The van der Waals surface area contributed by atoms with Crippen LogP contribution in [0.4, 0.5) is 0 Å². The van der Waals surface area contributed by atoms with Crippen LogP contribution in [0.15, 0.2) is 70.4 Å². The van der Waals surface area contributed by atoms with Crippen molar-refractivity contribution in [3.63, 3.8) is 0 Å². The molecule has 1 aliphatic rings. The molecule has 8 nitrogen and oxygen atoms in total. The van der Waals surface area contributed by atoms with E-state index in [1.807, 2.05) is 24.3 Å². The van der Waals surface area contributed by atoms with Crippen molar-refractivity contribution in [1.82, 2.24) is 14.8 Å². The quantitative estimate of drug-likeness (QED) is 0.614. The molecule has 0 aliphatic carbocycles. The Labute approximate surface area is 178 Å². The fourth-order valence-corrected chi connectivity index (χ4v) is 3.98. The Morgan fingerprint density at radius 1 is 1.19 bits per heavy atom. The fourth-order valence-electron chi connectivity index (χ4n) is 3.98. The predicted octanol–water partition coefficient (Wildman–Crippen LogP) is 1.90. The van der Waals surface area contributed by atoms with E-state index in [0.29, 0.717) is 24.2 Å². The van der Waals surface area contributed by atoms with Crippen LogP contribution in [0.1, 0.15) is 11.5 Å². The van der Waals surface area contributed by atoms with Crippen LogP contribution in [0.3, 0.4) is 0 Å². The van der Waals surface area contributed by atoms with Crippen LogP contribution in [-0.4, -0.2) is 47.5 Å². The van der Waals surface area contributed by atoms with E-state index >= 15 is 0 Å². The largest absolute Gasteiger partial charge is 0.497 e. The summed E-state index contributed by atoms with van der Waals surface area (Å²) < 4.78 is 11.8. The molecule has 1 N–H and O–H groups in total. The van der Waals surface area contributed by atoms with Gasteiger partial charge in [0.25, 0.3) is 0 Å². The van der Waals surface area contributed by atoms with Crippen molar-refractivity contribution in [3.05, 3.63) is 77.3 Å². The van der Waals surface area contributed by atoms with Crippen molar-refractivity contribution in [2.45, 2.75) is 18.5 Å². The fraction of sp³-hybridized carbons (Fsp3) is 0.261. The molecule has 1 fully saturated rings. The molecule has 0 radical (unpaired) electrons. The van der Waals surface area contributed by atoms with Gasteiger partial charge in [-0.25, -0.2) is 4.79 Å². The molecule has 0 unspecified atom stereocenters. The predicted molar refractivity (Wildman–Crippen MR) is 115 cm³/mol. The van der Waals surface area contributed by atoms with E-state index in [4.69, 9.17) is 9.15 Å². The van der Waals surface area contributed by atoms with E-state index in [-0.39, 0.29) is 30.3 Å². The minimum absolute atomic E-state index is 0.100. The number of likely N-dealkylation sites (tertiary alicyclic amines) is 1. The second-order valence-corrected chi connectivity index (χ2v) is 7.42. The van der Waals surface area contributed by atoms with E-state index in [1.54, 1.807) is 36.3 Å². The van der Waals surface area contributed by atoms with Gasteiger partial charge in [-0.15, -0.1) is 0 Å². The lowest BCUT2D eigenvalue weighted by Gasteiger charge is -2.19. The van der Waals surface area contributed by atoms with Crippen LogP contribution in [0.5, 0.6) is 5.75 Å². The average molecular weight is 421 g/mol. The molecule has 0 spiro atoms. The Kier molecular flexibility index (Phi) is 5.62. The van der Waals surface area contributed by atoms with Gasteiger partial charge in [0, 0.05) is 19.0 Å². The third kappa shape index (κ3) is 4.09. The summed E-state index contributed by atoms with van der Waals surface area (Å²) >= 11 is 0. The summed E-state index contributed by atoms with van der Waals surface area (Å²) in [5.41, 5.74) is 1.99. The van der Waals surface area contributed by atoms with Gasteiger partial charge in [0.1, 0.15) is 12.3 Å². The Hall–Kier alpha value is -3.81. The molecule has 0 saturated carbocycles. The van der Waals surface area contributed by atoms with Gasteiger partial charge >= 0.3 is 5.76 Å². The summed E-state index contributed by atoms with van der Waals surface area (Å²) in [6, 6.07) is 14.3. The number of rotatable bonds is 6. The highest BCUT2D eigenvalue weighted by Gasteiger charge is 2.37. The van der Waals surface area contributed by atoms with Crippen LogP contribution in [0, 0.1) is 0 Å². The van der Waals surface area contributed by atoms with Crippen LogP contribution in [0.2, 0.25) is 0 Å². The smallest absolute Gasteiger partial charge is 0.420 e. The highest BCUT2D eigenvalue weighted by Crippen LogP contribution is 2.29. The molecule has 1 saturated heterocycles. The van der Waals surface area contributed by atoms with Crippen molar-refractivity contribution < 1.29 is 18.7 Å². The monoisotopic (exact) mass is 421 g/mol. The number of carbonyl (C=O) groups is 2. The number of nitrogens with one attached hydrogen (secondary N) is 1. The van der Waals surface area contributed by atoms with Crippen LogP contribution < -0.4 is 15.8 Å². The van der Waals surface area contributed by atoms with E-state index in [1.165, 1.54) is 10.6 Å². The third-order valence-electron chi connectivity index (χ3n) is 5.60. The zero-order chi connectivity index (χ0) is 22.0. The van der Waals surface area contributed by atoms with Crippen molar-refractivity contribution in [1.29, 1.82) is 0 Å². The number of hydrogen-bond acceptors (Lipinski definition) is 5. The molecular formula is C23H23N3O5.